The van der Waals surface area contributed by atoms with E-state index < -0.39 is 16.1 Å². The van der Waals surface area contributed by atoms with Crippen LogP contribution in [0, 0.1) is 6.07 Å². The second kappa shape index (κ2) is 11.6. The van der Waals surface area contributed by atoms with Crippen LogP contribution in [0.15, 0.2) is 48.5 Å². The second-order valence-corrected chi connectivity index (χ2v) is 9.20. The fourth-order valence-electron chi connectivity index (χ4n) is 3.49. The monoisotopic (exact) mass is 491 g/mol. The van der Waals surface area contributed by atoms with E-state index in [9.17, 15) is 13.5 Å². The topological polar surface area (TPSA) is 66.8 Å². The van der Waals surface area contributed by atoms with Crippen LogP contribution in [0.1, 0.15) is 49.8 Å². The molecule has 0 aliphatic carbocycles. The molecule has 1 saturated heterocycles. The second-order valence-electron chi connectivity index (χ2n) is 7.23. The number of hydrogen-bond donors (Lipinski definition) is 1. The molecule has 2 atom stereocenters. The first-order valence-corrected chi connectivity index (χ1v) is 11.4. The average molecular weight is 491 g/mol. The van der Waals surface area contributed by atoms with Gasteiger partial charge in [-0.1, -0.05) is 31.9 Å². The van der Waals surface area contributed by atoms with E-state index in [-0.39, 0.29) is 44.5 Å². The van der Waals surface area contributed by atoms with Gasteiger partial charge in [-0.15, -0.1) is 5.56 Å². The third-order valence-corrected chi connectivity index (χ3v) is 6.91. The zero-order valence-corrected chi connectivity index (χ0v) is 20.5. The molecular weight excluding hydrogens is 463 g/mol. The van der Waals surface area contributed by atoms with Crippen LogP contribution in [0.5, 0.6) is 0 Å². The van der Waals surface area contributed by atoms with Gasteiger partial charge in [0.1, 0.15) is 0 Å². The van der Waals surface area contributed by atoms with Gasteiger partial charge < -0.3 is 9.84 Å². The van der Waals surface area contributed by atoms with Crippen LogP contribution < -0.4 is 4.31 Å². The molecule has 1 fully saturated rings. The molecule has 0 bridgehead atoms. The van der Waals surface area contributed by atoms with Crippen molar-refractivity contribution >= 4 is 15.7 Å². The summed E-state index contributed by atoms with van der Waals surface area (Å²) in [6, 6.07) is 17.6. The molecule has 2 aromatic carbocycles. The molecule has 1 aliphatic heterocycles. The standard InChI is InChI=1S/C22H28NO4S.Y/c1-2-3-9-22(24)19-10-12-20(13-11-19)23-21(14-15-28(23,25)26)17-27-16-18-7-5-4-6-8-18;/h4-5,7-8,10-13,21-22,24H,2-3,9,14-17H2,1H3;/q-1;. The summed E-state index contributed by atoms with van der Waals surface area (Å²) in [5, 5.41) is 10.2. The van der Waals surface area contributed by atoms with E-state index in [1.165, 1.54) is 4.31 Å². The average Bonchev–Trinajstić information content (AvgIpc) is 3.01. The molecule has 1 aliphatic rings. The predicted molar refractivity (Wildman–Crippen MR) is 111 cm³/mol. The summed E-state index contributed by atoms with van der Waals surface area (Å²) in [5.74, 6) is 0.126. The van der Waals surface area contributed by atoms with Gasteiger partial charge in [0.05, 0.1) is 30.2 Å². The first-order valence-electron chi connectivity index (χ1n) is 9.84. The van der Waals surface area contributed by atoms with Crippen molar-refractivity contribution < 1.29 is 51.0 Å². The smallest absolute Gasteiger partial charge is 0.235 e. The number of nitrogens with zero attached hydrogens (tertiary/aromatic N) is 1. The number of ether oxygens (including phenoxy) is 1. The van der Waals surface area contributed by atoms with Gasteiger partial charge in [0, 0.05) is 39.3 Å². The van der Waals surface area contributed by atoms with Crippen LogP contribution in [0.4, 0.5) is 5.69 Å². The van der Waals surface area contributed by atoms with Crippen LogP contribution in [-0.4, -0.2) is 31.9 Å². The van der Waals surface area contributed by atoms with Crippen molar-refractivity contribution in [1.82, 2.24) is 0 Å². The fraction of sp³-hybridized carbons (Fsp3) is 0.455. The molecule has 0 spiro atoms. The van der Waals surface area contributed by atoms with Crippen molar-refractivity contribution in [3.8, 4) is 0 Å². The number of anilines is 1. The Balaban J connectivity index is 0.00000300. The molecule has 0 aromatic heterocycles. The van der Waals surface area contributed by atoms with Gasteiger partial charge in [-0.05, 0) is 30.5 Å². The summed E-state index contributed by atoms with van der Waals surface area (Å²) in [7, 11) is -3.35. The molecule has 3 rings (SSSR count). The first-order chi connectivity index (χ1) is 13.5. The van der Waals surface area contributed by atoms with Crippen molar-refractivity contribution in [3.05, 3.63) is 65.7 Å². The number of hydrogen-bond acceptors (Lipinski definition) is 4. The Kier molecular flexibility index (Phi) is 9.76. The minimum absolute atomic E-state index is 0. The van der Waals surface area contributed by atoms with E-state index in [2.05, 4.69) is 13.0 Å². The Morgan fingerprint density at radius 2 is 2.03 bits per heavy atom. The molecule has 2 aromatic rings. The van der Waals surface area contributed by atoms with E-state index >= 15 is 0 Å². The maximum Gasteiger partial charge on any atom is 0.235 e. The Morgan fingerprint density at radius 3 is 2.69 bits per heavy atom. The summed E-state index contributed by atoms with van der Waals surface area (Å²) in [5.41, 5.74) is 2.47. The maximum absolute atomic E-state index is 12.6. The summed E-state index contributed by atoms with van der Waals surface area (Å²) < 4.78 is 32.4. The number of aliphatic hydroxyl groups is 1. The van der Waals surface area contributed by atoms with Crippen LogP contribution >= 0.6 is 0 Å². The van der Waals surface area contributed by atoms with E-state index in [1.807, 2.05) is 36.4 Å². The summed E-state index contributed by atoms with van der Waals surface area (Å²) >= 11 is 0. The quantitative estimate of drug-likeness (QED) is 0.542. The third-order valence-electron chi connectivity index (χ3n) is 5.05. The molecule has 1 heterocycles. The van der Waals surface area contributed by atoms with Crippen LogP contribution in [0.25, 0.3) is 0 Å². The largest absolute Gasteiger partial charge is 0.388 e. The molecule has 0 saturated carbocycles. The molecule has 1 radical (unpaired) electrons. The molecule has 5 nitrogen and oxygen atoms in total. The summed E-state index contributed by atoms with van der Waals surface area (Å²) in [6.45, 7) is 2.87. The van der Waals surface area contributed by atoms with Crippen molar-refractivity contribution in [2.45, 2.75) is 51.4 Å². The number of aliphatic hydroxyl groups excluding tert-OH is 1. The molecule has 29 heavy (non-hydrogen) atoms. The van der Waals surface area contributed by atoms with Gasteiger partial charge in [-0.25, -0.2) is 8.42 Å². The minimum Gasteiger partial charge on any atom is -0.388 e. The van der Waals surface area contributed by atoms with E-state index in [4.69, 9.17) is 4.74 Å². The van der Waals surface area contributed by atoms with Gasteiger partial charge in [-0.3, -0.25) is 4.31 Å². The van der Waals surface area contributed by atoms with Gasteiger partial charge in [-0.2, -0.15) is 30.3 Å². The zero-order valence-electron chi connectivity index (χ0n) is 16.8. The Labute approximate surface area is 199 Å². The molecule has 2 unspecified atom stereocenters. The van der Waals surface area contributed by atoms with Gasteiger partial charge in [0.2, 0.25) is 10.0 Å². The van der Waals surface area contributed by atoms with Crippen LogP contribution in [0.2, 0.25) is 0 Å². The Bertz CT molecular complexity index is 843. The zero-order chi connectivity index (χ0) is 20.0. The van der Waals surface area contributed by atoms with Gasteiger partial charge in [0.25, 0.3) is 0 Å². The van der Waals surface area contributed by atoms with Crippen molar-refractivity contribution in [2.75, 3.05) is 16.7 Å². The molecular formula is C22H28NO4SY-. The van der Waals surface area contributed by atoms with E-state index in [0.717, 1.165) is 24.0 Å². The van der Waals surface area contributed by atoms with Crippen LogP contribution in [0.3, 0.4) is 0 Å². The SMILES string of the molecule is CCCCC(O)c1ccc(N2C(COCc3c[c-]ccc3)CCS2(=O)=O)cc1.[Y]. The third kappa shape index (κ3) is 6.60. The first kappa shape index (κ1) is 24.5. The number of rotatable bonds is 9. The van der Waals surface area contributed by atoms with Gasteiger partial charge >= 0.3 is 0 Å². The molecule has 7 heteroatoms. The van der Waals surface area contributed by atoms with Crippen molar-refractivity contribution in [1.29, 1.82) is 0 Å². The van der Waals surface area contributed by atoms with Crippen molar-refractivity contribution in [3.63, 3.8) is 0 Å². The molecule has 1 N–H and O–H groups in total. The fourth-order valence-corrected chi connectivity index (χ4v) is 5.32. The summed E-state index contributed by atoms with van der Waals surface area (Å²) in [4.78, 5) is 0. The van der Waals surface area contributed by atoms with Crippen molar-refractivity contribution in [2.24, 2.45) is 0 Å². The van der Waals surface area contributed by atoms with E-state index in [1.54, 1.807) is 12.1 Å². The predicted octanol–water partition coefficient (Wildman–Crippen LogP) is 3.83. The number of sulfonamides is 1. The molecule has 155 valence electrons. The maximum atomic E-state index is 12.6. The summed E-state index contributed by atoms with van der Waals surface area (Å²) in [6.07, 6.45) is 2.74. The Hall–Kier alpha value is -0.786. The normalized spacial score (nSPS) is 19.0. The van der Waals surface area contributed by atoms with E-state index in [0.29, 0.717) is 31.7 Å². The minimum atomic E-state index is -3.35. The molecule has 0 amide bonds. The Morgan fingerprint density at radius 1 is 1.28 bits per heavy atom. The van der Waals surface area contributed by atoms with Gasteiger partial charge in [0.15, 0.2) is 0 Å². The number of unbranched alkanes of at least 4 members (excludes halogenated alkanes) is 1. The van der Waals surface area contributed by atoms with Crippen LogP contribution in [-0.2, 0) is 54.1 Å². The number of benzene rings is 2.